The van der Waals surface area contributed by atoms with Crippen molar-refractivity contribution in [1.29, 1.82) is 0 Å². The maximum atomic E-state index is 5.78. The van der Waals surface area contributed by atoms with Gasteiger partial charge in [-0.1, -0.05) is 6.92 Å². The summed E-state index contributed by atoms with van der Waals surface area (Å²) >= 11 is 0. The number of nitrogens with two attached hydrogens (primary N) is 1. The summed E-state index contributed by atoms with van der Waals surface area (Å²) in [5, 5.41) is 3.46. The largest absolute Gasteiger partial charge is 0.383 e. The lowest BCUT2D eigenvalue weighted by atomic mass is 10.1. The molecular weight excluding hydrogens is 266 g/mol. The number of nitrogens with zero attached hydrogens (tertiary/aromatic N) is 3. The average Bonchev–Trinajstić information content (AvgIpc) is 2.93. The van der Waals surface area contributed by atoms with Gasteiger partial charge >= 0.3 is 0 Å². The van der Waals surface area contributed by atoms with Crippen molar-refractivity contribution in [2.75, 3.05) is 50.9 Å². The first-order valence-corrected chi connectivity index (χ1v) is 7.72. The van der Waals surface area contributed by atoms with Crippen LogP contribution in [0.3, 0.4) is 0 Å². The molecular formula is C15H27N5O. The molecule has 6 nitrogen and oxygen atoms in total. The van der Waals surface area contributed by atoms with Crippen LogP contribution in [0.2, 0.25) is 0 Å². The summed E-state index contributed by atoms with van der Waals surface area (Å²) < 4.78 is 5.13. The molecule has 3 N–H and O–H groups in total. The lowest BCUT2D eigenvalue weighted by molar-refractivity contribution is 0.159. The molecule has 6 heteroatoms. The smallest absolute Gasteiger partial charge is 0.222 e. The highest BCUT2D eigenvalue weighted by Crippen LogP contribution is 2.20. The standard InChI is InChI=1S/C15H27N5O/c1-4-13-11(2)14(19-15(16)18-13)17-9-12-5-6-20(10-12)7-8-21-3/h12H,4-10H2,1-3H3,(H3,16,17,18,19)/t12-/m1/s1. The van der Waals surface area contributed by atoms with Crippen LogP contribution in [0.4, 0.5) is 11.8 Å². The van der Waals surface area contributed by atoms with E-state index in [4.69, 9.17) is 10.5 Å². The normalized spacial score (nSPS) is 19.1. The SMILES string of the molecule is CCc1nc(N)nc(NC[C@H]2CCN(CCOC)C2)c1C. The first-order valence-electron chi connectivity index (χ1n) is 7.72. The van der Waals surface area contributed by atoms with E-state index in [1.54, 1.807) is 7.11 Å². The molecule has 0 aromatic carbocycles. The predicted octanol–water partition coefficient (Wildman–Crippen LogP) is 1.31. The van der Waals surface area contributed by atoms with Crippen LogP contribution in [-0.2, 0) is 11.2 Å². The maximum Gasteiger partial charge on any atom is 0.222 e. The van der Waals surface area contributed by atoms with Gasteiger partial charge in [0.05, 0.1) is 12.3 Å². The van der Waals surface area contributed by atoms with Crippen LogP contribution in [0, 0.1) is 12.8 Å². The van der Waals surface area contributed by atoms with Crippen molar-refractivity contribution in [3.05, 3.63) is 11.3 Å². The van der Waals surface area contributed by atoms with Gasteiger partial charge in [-0.2, -0.15) is 4.98 Å². The molecule has 1 aliphatic heterocycles. The zero-order chi connectivity index (χ0) is 15.2. The number of hydrogen-bond donors (Lipinski definition) is 2. The van der Waals surface area contributed by atoms with Crippen LogP contribution < -0.4 is 11.1 Å². The van der Waals surface area contributed by atoms with Gasteiger partial charge < -0.3 is 20.7 Å². The fraction of sp³-hybridized carbons (Fsp3) is 0.733. The van der Waals surface area contributed by atoms with E-state index in [0.717, 1.165) is 56.3 Å². The Morgan fingerprint density at radius 2 is 2.24 bits per heavy atom. The molecule has 2 rings (SSSR count). The second kappa shape index (κ2) is 7.56. The molecule has 21 heavy (non-hydrogen) atoms. The molecule has 1 saturated heterocycles. The Labute approximate surface area is 127 Å². The predicted molar refractivity (Wildman–Crippen MR) is 85.5 cm³/mol. The van der Waals surface area contributed by atoms with Crippen molar-refractivity contribution >= 4 is 11.8 Å². The van der Waals surface area contributed by atoms with Crippen LogP contribution in [0.15, 0.2) is 0 Å². The molecule has 0 unspecified atom stereocenters. The molecule has 1 fully saturated rings. The van der Waals surface area contributed by atoms with Gasteiger partial charge in [-0.05, 0) is 32.2 Å². The minimum atomic E-state index is 0.355. The quantitative estimate of drug-likeness (QED) is 0.789. The number of methoxy groups -OCH3 is 1. The second-order valence-corrected chi connectivity index (χ2v) is 5.68. The van der Waals surface area contributed by atoms with E-state index >= 15 is 0 Å². The Morgan fingerprint density at radius 1 is 1.43 bits per heavy atom. The lowest BCUT2D eigenvalue weighted by Crippen LogP contribution is -2.26. The molecule has 1 aromatic heterocycles. The summed E-state index contributed by atoms with van der Waals surface area (Å²) in [6.07, 6.45) is 2.10. The highest BCUT2D eigenvalue weighted by Gasteiger charge is 2.22. The highest BCUT2D eigenvalue weighted by atomic mass is 16.5. The number of nitrogen functional groups attached to an aromatic ring is 1. The average molecular weight is 293 g/mol. The van der Waals surface area contributed by atoms with Gasteiger partial charge in [-0.25, -0.2) is 4.98 Å². The third-order valence-electron chi connectivity index (χ3n) is 4.14. The Bertz CT molecular complexity index is 466. The molecule has 0 spiro atoms. The summed E-state index contributed by atoms with van der Waals surface area (Å²) in [5.74, 6) is 1.89. The first kappa shape index (κ1) is 16.0. The van der Waals surface area contributed by atoms with E-state index in [9.17, 15) is 0 Å². The molecule has 118 valence electrons. The van der Waals surface area contributed by atoms with Gasteiger partial charge in [0.1, 0.15) is 5.82 Å². The van der Waals surface area contributed by atoms with Gasteiger partial charge in [0, 0.05) is 32.3 Å². The van der Waals surface area contributed by atoms with Crippen LogP contribution >= 0.6 is 0 Å². The van der Waals surface area contributed by atoms with Crippen molar-refractivity contribution in [2.24, 2.45) is 5.92 Å². The topological polar surface area (TPSA) is 76.3 Å². The van der Waals surface area contributed by atoms with Gasteiger partial charge in [0.2, 0.25) is 5.95 Å². The van der Waals surface area contributed by atoms with E-state index in [0.29, 0.717) is 11.9 Å². The second-order valence-electron chi connectivity index (χ2n) is 5.68. The third-order valence-corrected chi connectivity index (χ3v) is 4.14. The van der Waals surface area contributed by atoms with E-state index in [1.165, 1.54) is 6.42 Å². The van der Waals surface area contributed by atoms with Crippen LogP contribution in [-0.4, -0.2) is 54.8 Å². The molecule has 0 saturated carbocycles. The van der Waals surface area contributed by atoms with Crippen molar-refractivity contribution < 1.29 is 4.74 Å². The van der Waals surface area contributed by atoms with Gasteiger partial charge in [0.25, 0.3) is 0 Å². The third kappa shape index (κ3) is 4.28. The fourth-order valence-electron chi connectivity index (χ4n) is 2.84. The van der Waals surface area contributed by atoms with E-state index < -0.39 is 0 Å². The van der Waals surface area contributed by atoms with Crippen LogP contribution in [0.5, 0.6) is 0 Å². The summed E-state index contributed by atoms with van der Waals surface area (Å²) in [6, 6.07) is 0. The van der Waals surface area contributed by atoms with Gasteiger partial charge in [0.15, 0.2) is 0 Å². The number of anilines is 2. The number of nitrogens with one attached hydrogen (secondary N) is 1. The molecule has 0 aliphatic carbocycles. The number of hydrogen-bond acceptors (Lipinski definition) is 6. The minimum Gasteiger partial charge on any atom is -0.383 e. The molecule has 0 bridgehead atoms. The van der Waals surface area contributed by atoms with Crippen molar-refractivity contribution in [2.45, 2.75) is 26.7 Å². The van der Waals surface area contributed by atoms with E-state index in [1.807, 2.05) is 0 Å². The minimum absolute atomic E-state index is 0.355. The van der Waals surface area contributed by atoms with Crippen LogP contribution in [0.25, 0.3) is 0 Å². The van der Waals surface area contributed by atoms with Crippen molar-refractivity contribution in [1.82, 2.24) is 14.9 Å². The fourth-order valence-corrected chi connectivity index (χ4v) is 2.84. The zero-order valence-corrected chi connectivity index (χ0v) is 13.4. The number of aromatic nitrogens is 2. The van der Waals surface area contributed by atoms with E-state index in [-0.39, 0.29) is 0 Å². The maximum absolute atomic E-state index is 5.78. The Morgan fingerprint density at radius 3 is 2.95 bits per heavy atom. The summed E-state index contributed by atoms with van der Waals surface area (Å²) in [6.45, 7) is 9.18. The molecule has 1 atom stereocenters. The van der Waals surface area contributed by atoms with Crippen molar-refractivity contribution in [3.8, 4) is 0 Å². The Hall–Kier alpha value is -1.40. The molecule has 1 aliphatic rings. The molecule has 0 amide bonds. The highest BCUT2D eigenvalue weighted by molar-refractivity contribution is 5.48. The Kier molecular flexibility index (Phi) is 5.76. The number of aryl methyl sites for hydroxylation is 1. The lowest BCUT2D eigenvalue weighted by Gasteiger charge is -2.17. The monoisotopic (exact) mass is 293 g/mol. The Balaban J connectivity index is 1.88. The summed E-state index contributed by atoms with van der Waals surface area (Å²) in [5.41, 5.74) is 7.92. The number of ether oxygens (including phenoxy) is 1. The molecule has 1 aromatic rings. The molecule has 2 heterocycles. The van der Waals surface area contributed by atoms with Crippen molar-refractivity contribution in [3.63, 3.8) is 0 Å². The van der Waals surface area contributed by atoms with Gasteiger partial charge in [-0.3, -0.25) is 0 Å². The summed E-state index contributed by atoms with van der Waals surface area (Å²) in [4.78, 5) is 11.1. The zero-order valence-electron chi connectivity index (χ0n) is 13.4. The van der Waals surface area contributed by atoms with Crippen LogP contribution in [0.1, 0.15) is 24.6 Å². The number of rotatable bonds is 7. The molecule has 0 radical (unpaired) electrons. The van der Waals surface area contributed by atoms with Gasteiger partial charge in [-0.15, -0.1) is 0 Å². The van der Waals surface area contributed by atoms with E-state index in [2.05, 4.69) is 34.0 Å². The first-order chi connectivity index (χ1) is 10.1. The summed E-state index contributed by atoms with van der Waals surface area (Å²) in [7, 11) is 1.75. The number of likely N-dealkylation sites (tertiary alicyclic amines) is 1.